The maximum atomic E-state index is 13.2. The predicted octanol–water partition coefficient (Wildman–Crippen LogP) is 2.92. The summed E-state index contributed by atoms with van der Waals surface area (Å²) < 4.78 is 25.3. The van der Waals surface area contributed by atoms with E-state index in [2.05, 4.69) is 56.9 Å². The van der Waals surface area contributed by atoms with E-state index in [0.29, 0.717) is 12.8 Å². The molecule has 0 atom stereocenters. The van der Waals surface area contributed by atoms with E-state index in [9.17, 15) is 4.39 Å². The van der Waals surface area contributed by atoms with E-state index in [0.717, 1.165) is 25.1 Å². The standard InChI is InChI=1S/C18H27BFNO2/c1-17(2)18(3,4)23-19(22-17)15-7-5-14(6-8-15)13-21-11-9-16(20)10-12-21/h5-8,16H,9-13H2,1-4H3. The molecular formula is C18H27BFNO2. The van der Waals surface area contributed by atoms with Gasteiger partial charge in [-0.15, -0.1) is 0 Å². The van der Waals surface area contributed by atoms with Crippen molar-refractivity contribution in [2.75, 3.05) is 13.1 Å². The molecular weight excluding hydrogens is 292 g/mol. The Morgan fingerprint density at radius 1 is 1.04 bits per heavy atom. The van der Waals surface area contributed by atoms with Gasteiger partial charge in [-0.25, -0.2) is 4.39 Å². The van der Waals surface area contributed by atoms with Crippen LogP contribution in [0.25, 0.3) is 0 Å². The van der Waals surface area contributed by atoms with Gasteiger partial charge in [-0.05, 0) is 51.6 Å². The maximum absolute atomic E-state index is 13.2. The van der Waals surface area contributed by atoms with Crippen LogP contribution in [0.2, 0.25) is 0 Å². The molecule has 126 valence electrons. The van der Waals surface area contributed by atoms with Crippen LogP contribution in [-0.4, -0.2) is 42.5 Å². The fourth-order valence-electron chi connectivity index (χ4n) is 3.08. The van der Waals surface area contributed by atoms with Gasteiger partial charge in [0.1, 0.15) is 6.17 Å². The van der Waals surface area contributed by atoms with Gasteiger partial charge < -0.3 is 9.31 Å². The minimum Gasteiger partial charge on any atom is -0.399 e. The molecule has 0 N–H and O–H groups in total. The third-order valence-corrected chi connectivity index (χ3v) is 5.43. The van der Waals surface area contributed by atoms with Crippen LogP contribution >= 0.6 is 0 Å². The highest BCUT2D eigenvalue weighted by Crippen LogP contribution is 2.36. The van der Waals surface area contributed by atoms with E-state index in [-0.39, 0.29) is 18.3 Å². The molecule has 2 aliphatic rings. The molecule has 5 heteroatoms. The molecule has 3 rings (SSSR count). The van der Waals surface area contributed by atoms with Crippen LogP contribution < -0.4 is 5.46 Å². The quantitative estimate of drug-likeness (QED) is 0.800. The van der Waals surface area contributed by atoms with Gasteiger partial charge in [-0.2, -0.15) is 0 Å². The minimum absolute atomic E-state index is 0.309. The number of halogens is 1. The van der Waals surface area contributed by atoms with Crippen molar-refractivity contribution in [3.63, 3.8) is 0 Å². The van der Waals surface area contributed by atoms with Crippen LogP contribution in [0, 0.1) is 0 Å². The van der Waals surface area contributed by atoms with Crippen molar-refractivity contribution in [1.82, 2.24) is 4.90 Å². The van der Waals surface area contributed by atoms with Gasteiger partial charge in [0, 0.05) is 19.6 Å². The highest BCUT2D eigenvalue weighted by atomic mass is 19.1. The molecule has 0 unspecified atom stereocenters. The van der Waals surface area contributed by atoms with Crippen LogP contribution in [0.5, 0.6) is 0 Å². The van der Waals surface area contributed by atoms with Crippen molar-refractivity contribution >= 4 is 12.6 Å². The Balaban J connectivity index is 1.62. The normalized spacial score (nSPS) is 25.0. The van der Waals surface area contributed by atoms with Gasteiger partial charge in [0.2, 0.25) is 0 Å². The highest BCUT2D eigenvalue weighted by Gasteiger charge is 2.51. The maximum Gasteiger partial charge on any atom is 0.494 e. The lowest BCUT2D eigenvalue weighted by Gasteiger charge is -2.32. The number of hydrogen-bond acceptors (Lipinski definition) is 3. The summed E-state index contributed by atoms with van der Waals surface area (Å²) in [6, 6.07) is 8.42. The number of nitrogens with zero attached hydrogens (tertiary/aromatic N) is 1. The zero-order valence-corrected chi connectivity index (χ0v) is 14.6. The SMILES string of the molecule is CC1(C)OB(c2ccc(CN3CCC(F)CC3)cc2)OC1(C)C. The Bertz CT molecular complexity index is 522. The van der Waals surface area contributed by atoms with Crippen LogP contribution in [0.1, 0.15) is 46.1 Å². The lowest BCUT2D eigenvalue weighted by atomic mass is 9.79. The molecule has 0 radical (unpaired) electrons. The third kappa shape index (κ3) is 3.62. The van der Waals surface area contributed by atoms with Crippen molar-refractivity contribution in [2.24, 2.45) is 0 Å². The third-order valence-electron chi connectivity index (χ3n) is 5.43. The van der Waals surface area contributed by atoms with Crippen molar-refractivity contribution in [1.29, 1.82) is 0 Å². The molecule has 0 bridgehead atoms. The van der Waals surface area contributed by atoms with Gasteiger partial charge in [-0.3, -0.25) is 4.90 Å². The zero-order chi connectivity index (χ0) is 16.7. The van der Waals surface area contributed by atoms with Crippen molar-refractivity contribution < 1.29 is 13.7 Å². The zero-order valence-electron chi connectivity index (χ0n) is 14.6. The van der Waals surface area contributed by atoms with E-state index < -0.39 is 6.17 Å². The van der Waals surface area contributed by atoms with Gasteiger partial charge >= 0.3 is 7.12 Å². The van der Waals surface area contributed by atoms with E-state index in [1.807, 2.05) is 0 Å². The first-order chi connectivity index (χ1) is 10.8. The molecule has 2 saturated heterocycles. The first kappa shape index (κ1) is 16.9. The van der Waals surface area contributed by atoms with Crippen LogP contribution in [0.15, 0.2) is 24.3 Å². The molecule has 2 heterocycles. The minimum atomic E-state index is -0.614. The van der Waals surface area contributed by atoms with Crippen LogP contribution in [0.3, 0.4) is 0 Å². The molecule has 1 aromatic carbocycles. The Labute approximate surface area is 139 Å². The number of likely N-dealkylation sites (tertiary alicyclic amines) is 1. The Kier molecular flexibility index (Phi) is 4.56. The summed E-state index contributed by atoms with van der Waals surface area (Å²) in [5.74, 6) is 0. The average molecular weight is 319 g/mol. The molecule has 2 fully saturated rings. The summed E-state index contributed by atoms with van der Waals surface area (Å²) in [4.78, 5) is 2.32. The molecule has 0 aliphatic carbocycles. The molecule has 23 heavy (non-hydrogen) atoms. The Morgan fingerprint density at radius 3 is 2.09 bits per heavy atom. The van der Waals surface area contributed by atoms with Gasteiger partial charge in [-0.1, -0.05) is 24.3 Å². The predicted molar refractivity (Wildman–Crippen MR) is 91.6 cm³/mol. The first-order valence-electron chi connectivity index (χ1n) is 8.58. The summed E-state index contributed by atoms with van der Waals surface area (Å²) >= 11 is 0. The Morgan fingerprint density at radius 2 is 1.57 bits per heavy atom. The summed E-state index contributed by atoms with van der Waals surface area (Å²) in [7, 11) is -0.309. The molecule has 3 nitrogen and oxygen atoms in total. The van der Waals surface area contributed by atoms with Gasteiger partial charge in [0.15, 0.2) is 0 Å². The second-order valence-electron chi connectivity index (χ2n) is 7.78. The highest BCUT2D eigenvalue weighted by molar-refractivity contribution is 6.62. The number of hydrogen-bond donors (Lipinski definition) is 0. The van der Waals surface area contributed by atoms with Crippen molar-refractivity contribution in [2.45, 2.75) is 64.5 Å². The number of alkyl halides is 1. The monoisotopic (exact) mass is 319 g/mol. The summed E-state index contributed by atoms with van der Waals surface area (Å²) in [6.45, 7) is 10.8. The van der Waals surface area contributed by atoms with Crippen molar-refractivity contribution in [3.05, 3.63) is 29.8 Å². The van der Waals surface area contributed by atoms with Crippen LogP contribution in [-0.2, 0) is 15.9 Å². The smallest absolute Gasteiger partial charge is 0.399 e. The molecule has 0 aromatic heterocycles. The molecule has 2 aliphatic heterocycles. The fourth-order valence-corrected chi connectivity index (χ4v) is 3.08. The molecule has 0 saturated carbocycles. The lowest BCUT2D eigenvalue weighted by Crippen LogP contribution is -2.41. The Hall–Kier alpha value is -0.905. The van der Waals surface area contributed by atoms with Crippen molar-refractivity contribution in [3.8, 4) is 0 Å². The molecule has 0 spiro atoms. The summed E-state index contributed by atoms with van der Waals surface area (Å²) in [5, 5.41) is 0. The molecule has 0 amide bonds. The largest absolute Gasteiger partial charge is 0.494 e. The second kappa shape index (κ2) is 6.19. The number of rotatable bonds is 3. The fraction of sp³-hybridized carbons (Fsp3) is 0.667. The lowest BCUT2D eigenvalue weighted by molar-refractivity contribution is 0.00578. The second-order valence-corrected chi connectivity index (χ2v) is 7.78. The summed E-state index contributed by atoms with van der Waals surface area (Å²) in [5.41, 5.74) is 1.68. The first-order valence-corrected chi connectivity index (χ1v) is 8.58. The number of benzene rings is 1. The van der Waals surface area contributed by atoms with Gasteiger partial charge in [0.05, 0.1) is 11.2 Å². The summed E-state index contributed by atoms with van der Waals surface area (Å²) in [6.07, 6.45) is 0.704. The van der Waals surface area contributed by atoms with Gasteiger partial charge in [0.25, 0.3) is 0 Å². The van der Waals surface area contributed by atoms with Crippen LogP contribution in [0.4, 0.5) is 4.39 Å². The van der Waals surface area contributed by atoms with E-state index in [4.69, 9.17) is 9.31 Å². The van der Waals surface area contributed by atoms with E-state index in [1.54, 1.807) is 0 Å². The van der Waals surface area contributed by atoms with E-state index >= 15 is 0 Å². The average Bonchev–Trinajstić information content (AvgIpc) is 2.71. The van der Waals surface area contributed by atoms with E-state index in [1.165, 1.54) is 5.56 Å². The topological polar surface area (TPSA) is 21.7 Å². The number of piperidine rings is 1. The molecule has 1 aromatic rings.